The van der Waals surface area contributed by atoms with Gasteiger partial charge in [0.2, 0.25) is 11.5 Å². The van der Waals surface area contributed by atoms with Crippen molar-refractivity contribution >= 4 is 5.97 Å². The number of aliphatic hydroxyl groups is 5. The van der Waals surface area contributed by atoms with Crippen LogP contribution in [0.4, 0.5) is 0 Å². The highest BCUT2D eigenvalue weighted by Crippen LogP contribution is 2.72. The molecule has 7 heteroatoms. The number of rotatable bonds is 1. The quantitative estimate of drug-likeness (QED) is 0.325. The molecule has 2 fully saturated rings. The molecule has 2 saturated carbocycles. The lowest BCUT2D eigenvalue weighted by atomic mass is 9.81. The highest BCUT2D eigenvalue weighted by molar-refractivity contribution is 5.89. The minimum Gasteiger partial charge on any atom is -0.505 e. The molecule has 0 saturated heterocycles. The van der Waals surface area contributed by atoms with E-state index in [-0.39, 0.29) is 0 Å². The molecule has 0 radical (unpaired) electrons. The van der Waals surface area contributed by atoms with E-state index in [1.165, 1.54) is 0 Å². The zero-order valence-electron chi connectivity index (χ0n) is 10.2. The third-order valence-corrected chi connectivity index (χ3v) is 4.86. The van der Waals surface area contributed by atoms with Gasteiger partial charge in [-0.3, -0.25) is 0 Å². The first-order chi connectivity index (χ1) is 8.79. The van der Waals surface area contributed by atoms with Crippen molar-refractivity contribution in [2.24, 2.45) is 5.41 Å². The number of hydrogen-bond acceptors (Lipinski definition) is 7. The maximum absolute atomic E-state index is 11.2. The molecule has 0 aromatic heterocycles. The van der Waals surface area contributed by atoms with Crippen LogP contribution in [0.2, 0.25) is 0 Å². The molecule has 0 bridgehead atoms. The molecule has 0 unspecified atom stereocenters. The van der Waals surface area contributed by atoms with Gasteiger partial charge in [-0.05, 0) is 12.8 Å². The zero-order chi connectivity index (χ0) is 14.1. The highest BCUT2D eigenvalue weighted by atomic mass is 16.6. The topological polar surface area (TPSA) is 127 Å². The summed E-state index contributed by atoms with van der Waals surface area (Å²) in [5.41, 5.74) is -3.40. The lowest BCUT2D eigenvalue weighted by Crippen LogP contribution is -2.40. The molecule has 0 amide bonds. The molecule has 19 heavy (non-hydrogen) atoms. The first kappa shape index (κ1) is 12.7. The van der Waals surface area contributed by atoms with E-state index in [0.717, 1.165) is 6.42 Å². The van der Waals surface area contributed by atoms with Gasteiger partial charge < -0.3 is 30.3 Å². The largest absolute Gasteiger partial charge is 0.505 e. The second-order valence-corrected chi connectivity index (χ2v) is 5.60. The smallest absolute Gasteiger partial charge is 0.378 e. The molecular weight excluding hydrogens is 256 g/mol. The average Bonchev–Trinajstić information content (AvgIpc) is 2.62. The SMILES string of the molecule is O=C1O[C@H]([C@@]2(O)C(O)(O)C23CCCCC3)C(O)=C1O. The van der Waals surface area contributed by atoms with Crippen molar-refractivity contribution in [3.05, 3.63) is 11.5 Å². The molecule has 1 aliphatic heterocycles. The van der Waals surface area contributed by atoms with Crippen LogP contribution in [0.1, 0.15) is 32.1 Å². The summed E-state index contributed by atoms with van der Waals surface area (Å²) in [4.78, 5) is 11.2. The van der Waals surface area contributed by atoms with Gasteiger partial charge in [0.25, 0.3) is 0 Å². The first-order valence-electron chi connectivity index (χ1n) is 6.30. The Labute approximate surface area is 108 Å². The average molecular weight is 272 g/mol. The van der Waals surface area contributed by atoms with E-state index < -0.39 is 40.4 Å². The molecule has 0 aromatic carbocycles. The number of esters is 1. The maximum Gasteiger partial charge on any atom is 0.378 e. The number of carbonyl (C=O) groups excluding carboxylic acids is 1. The van der Waals surface area contributed by atoms with Gasteiger partial charge in [-0.1, -0.05) is 19.3 Å². The van der Waals surface area contributed by atoms with Crippen molar-refractivity contribution in [2.45, 2.75) is 49.6 Å². The molecule has 1 spiro atoms. The standard InChI is InChI=1S/C12H16O7/c13-6-7(14)9(15)19-8(6)11(16)10(12(11,17)18)4-2-1-3-5-10/h8,13-14,16-18H,1-5H2/t8-,11-/m0/s1. The molecule has 5 N–H and O–H groups in total. The summed E-state index contributed by atoms with van der Waals surface area (Å²) in [6, 6.07) is 0. The van der Waals surface area contributed by atoms with Crippen LogP contribution in [0.15, 0.2) is 11.5 Å². The van der Waals surface area contributed by atoms with Crippen molar-refractivity contribution in [3.63, 3.8) is 0 Å². The van der Waals surface area contributed by atoms with Gasteiger partial charge in [-0.15, -0.1) is 0 Å². The van der Waals surface area contributed by atoms with Crippen LogP contribution >= 0.6 is 0 Å². The Bertz CT molecular complexity index is 474. The fraction of sp³-hybridized carbons (Fsp3) is 0.750. The predicted molar refractivity (Wildman–Crippen MR) is 59.8 cm³/mol. The molecule has 2 atom stereocenters. The van der Waals surface area contributed by atoms with Gasteiger partial charge >= 0.3 is 5.97 Å². The number of carbonyl (C=O) groups is 1. The van der Waals surface area contributed by atoms with Gasteiger partial charge in [-0.25, -0.2) is 4.79 Å². The molecule has 0 aromatic rings. The Morgan fingerprint density at radius 3 is 2.11 bits per heavy atom. The normalized spacial score (nSPS) is 39.5. The van der Waals surface area contributed by atoms with Crippen LogP contribution in [-0.2, 0) is 9.53 Å². The summed E-state index contributed by atoms with van der Waals surface area (Å²) in [6.07, 6.45) is 1.43. The van der Waals surface area contributed by atoms with E-state index >= 15 is 0 Å². The third-order valence-electron chi connectivity index (χ3n) is 4.86. The summed E-state index contributed by atoms with van der Waals surface area (Å²) >= 11 is 0. The van der Waals surface area contributed by atoms with Crippen LogP contribution in [0.25, 0.3) is 0 Å². The summed E-state index contributed by atoms with van der Waals surface area (Å²) in [5, 5.41) is 49.6. The Balaban J connectivity index is 1.99. The van der Waals surface area contributed by atoms with E-state index in [1.54, 1.807) is 0 Å². The third kappa shape index (κ3) is 1.16. The fourth-order valence-corrected chi connectivity index (χ4v) is 3.71. The lowest BCUT2D eigenvalue weighted by Gasteiger charge is -2.26. The summed E-state index contributed by atoms with van der Waals surface area (Å²) in [6.45, 7) is 0. The van der Waals surface area contributed by atoms with Gasteiger partial charge in [0.15, 0.2) is 17.5 Å². The van der Waals surface area contributed by atoms with E-state index in [2.05, 4.69) is 0 Å². The number of hydrogen-bond donors (Lipinski definition) is 5. The molecule has 2 aliphatic carbocycles. The molecular formula is C12H16O7. The van der Waals surface area contributed by atoms with Crippen molar-refractivity contribution < 1.29 is 35.1 Å². The molecule has 3 rings (SSSR count). The van der Waals surface area contributed by atoms with Gasteiger partial charge in [0.05, 0.1) is 5.41 Å². The van der Waals surface area contributed by atoms with Crippen molar-refractivity contribution in [3.8, 4) is 0 Å². The van der Waals surface area contributed by atoms with Crippen molar-refractivity contribution in [1.29, 1.82) is 0 Å². The number of ether oxygens (including phenoxy) is 1. The summed E-state index contributed by atoms with van der Waals surface area (Å²) in [5.74, 6) is -5.46. The Kier molecular flexibility index (Phi) is 2.28. The second kappa shape index (κ2) is 3.41. The highest BCUT2D eigenvalue weighted by Gasteiger charge is 2.91. The number of cyclic esters (lactones) is 1. The summed E-state index contributed by atoms with van der Waals surface area (Å²) < 4.78 is 4.69. The van der Waals surface area contributed by atoms with Gasteiger partial charge in [0.1, 0.15) is 0 Å². The summed E-state index contributed by atoms with van der Waals surface area (Å²) in [7, 11) is 0. The van der Waals surface area contributed by atoms with Gasteiger partial charge in [0, 0.05) is 0 Å². The Morgan fingerprint density at radius 2 is 1.63 bits per heavy atom. The van der Waals surface area contributed by atoms with Gasteiger partial charge in [-0.2, -0.15) is 0 Å². The van der Waals surface area contributed by atoms with Crippen LogP contribution in [0.3, 0.4) is 0 Å². The molecule has 7 nitrogen and oxygen atoms in total. The molecule has 3 aliphatic rings. The van der Waals surface area contributed by atoms with Crippen molar-refractivity contribution in [2.75, 3.05) is 0 Å². The Hall–Kier alpha value is -1.31. The first-order valence-corrected chi connectivity index (χ1v) is 6.30. The van der Waals surface area contributed by atoms with Crippen molar-refractivity contribution in [1.82, 2.24) is 0 Å². The number of aliphatic hydroxyl groups excluding tert-OH is 2. The molecule has 1 heterocycles. The minimum atomic E-state index is -2.44. The Morgan fingerprint density at radius 1 is 1.05 bits per heavy atom. The van der Waals surface area contributed by atoms with Crippen LogP contribution in [-0.4, -0.2) is 49.0 Å². The maximum atomic E-state index is 11.2. The van der Waals surface area contributed by atoms with E-state index in [0.29, 0.717) is 25.7 Å². The van der Waals surface area contributed by atoms with E-state index in [9.17, 15) is 30.3 Å². The monoisotopic (exact) mass is 272 g/mol. The second-order valence-electron chi connectivity index (χ2n) is 5.60. The predicted octanol–water partition coefficient (Wildman–Crippen LogP) is -0.385. The van der Waals surface area contributed by atoms with E-state index in [1.807, 2.05) is 0 Å². The zero-order valence-corrected chi connectivity index (χ0v) is 10.2. The minimum absolute atomic E-state index is 0.360. The van der Waals surface area contributed by atoms with Crippen LogP contribution < -0.4 is 0 Å². The van der Waals surface area contributed by atoms with Crippen LogP contribution in [0.5, 0.6) is 0 Å². The fourth-order valence-electron chi connectivity index (χ4n) is 3.71. The lowest BCUT2D eigenvalue weighted by molar-refractivity contribution is -0.173. The van der Waals surface area contributed by atoms with Crippen LogP contribution in [0, 0.1) is 5.41 Å². The molecule has 106 valence electrons. The van der Waals surface area contributed by atoms with E-state index in [4.69, 9.17) is 4.74 Å².